The Labute approximate surface area is 118 Å². The zero-order chi connectivity index (χ0) is 14.0. The Hall–Kier alpha value is -1.64. The second kappa shape index (κ2) is 5.16. The molecule has 0 aliphatic carbocycles. The molecule has 100 valence electrons. The molecule has 0 radical (unpaired) electrons. The third-order valence-electron chi connectivity index (χ3n) is 2.22. The molecule has 0 bridgehead atoms. The first-order valence-corrected chi connectivity index (χ1v) is 7.41. The minimum atomic E-state index is -3.80. The Kier molecular flexibility index (Phi) is 3.74. The maximum atomic E-state index is 11.3. The van der Waals surface area contributed by atoms with Gasteiger partial charge in [0.15, 0.2) is 5.75 Å². The van der Waals surface area contributed by atoms with Crippen LogP contribution in [0, 0.1) is 0 Å². The summed E-state index contributed by atoms with van der Waals surface area (Å²) in [4.78, 5) is 3.86. The molecule has 19 heavy (non-hydrogen) atoms. The van der Waals surface area contributed by atoms with Crippen LogP contribution >= 0.6 is 15.9 Å². The largest absolute Gasteiger partial charge is 0.453 e. The first-order chi connectivity index (χ1) is 8.86. The van der Waals surface area contributed by atoms with E-state index in [4.69, 9.17) is 15.6 Å². The van der Waals surface area contributed by atoms with Crippen molar-refractivity contribution in [2.75, 3.05) is 5.73 Å². The van der Waals surface area contributed by atoms with Crippen molar-refractivity contribution in [2.24, 2.45) is 5.14 Å². The van der Waals surface area contributed by atoms with Gasteiger partial charge in [0, 0.05) is 16.7 Å². The summed E-state index contributed by atoms with van der Waals surface area (Å²) in [5, 5.41) is 5.05. The molecule has 2 aromatic rings. The molecule has 2 rings (SSSR count). The average Bonchev–Trinajstić information content (AvgIpc) is 2.30. The van der Waals surface area contributed by atoms with Crippen LogP contribution in [0.25, 0.3) is 0 Å². The Bertz CT molecular complexity index is 719. The zero-order valence-electron chi connectivity index (χ0n) is 9.58. The maximum Gasteiger partial charge on any atom is 0.238 e. The van der Waals surface area contributed by atoms with Crippen molar-refractivity contribution in [1.29, 1.82) is 0 Å². The fourth-order valence-electron chi connectivity index (χ4n) is 1.36. The van der Waals surface area contributed by atoms with E-state index in [1.807, 2.05) is 0 Å². The van der Waals surface area contributed by atoms with E-state index < -0.39 is 10.0 Å². The number of halogens is 1. The van der Waals surface area contributed by atoms with E-state index in [2.05, 4.69) is 20.9 Å². The molecule has 0 unspecified atom stereocenters. The molecule has 1 aromatic carbocycles. The van der Waals surface area contributed by atoms with E-state index in [1.165, 1.54) is 24.4 Å². The van der Waals surface area contributed by atoms with Gasteiger partial charge in [-0.2, -0.15) is 0 Å². The van der Waals surface area contributed by atoms with Crippen LogP contribution < -0.4 is 15.6 Å². The van der Waals surface area contributed by atoms with E-state index in [0.717, 1.165) is 4.47 Å². The van der Waals surface area contributed by atoms with Crippen LogP contribution in [-0.4, -0.2) is 13.4 Å². The second-order valence-corrected chi connectivity index (χ2v) is 6.16. The molecule has 0 saturated carbocycles. The predicted octanol–water partition coefficient (Wildman–Crippen LogP) is 1.87. The summed E-state index contributed by atoms with van der Waals surface area (Å²) >= 11 is 3.25. The highest BCUT2D eigenvalue weighted by Gasteiger charge is 2.12. The monoisotopic (exact) mass is 343 g/mol. The number of benzene rings is 1. The third-order valence-corrected chi connectivity index (χ3v) is 3.57. The van der Waals surface area contributed by atoms with Gasteiger partial charge < -0.3 is 10.5 Å². The van der Waals surface area contributed by atoms with Crippen molar-refractivity contribution in [2.45, 2.75) is 4.90 Å². The molecule has 8 heteroatoms. The van der Waals surface area contributed by atoms with Crippen LogP contribution in [0.4, 0.5) is 5.69 Å². The standard InChI is InChI=1S/C11H10BrN3O3S/c12-7-3-8(6-15-5-7)18-11-4-9(19(14,16)17)1-2-10(11)13/h1-6H,13H2,(H2,14,16,17). The zero-order valence-corrected chi connectivity index (χ0v) is 12.0. The van der Waals surface area contributed by atoms with Crippen molar-refractivity contribution in [3.63, 3.8) is 0 Å². The van der Waals surface area contributed by atoms with E-state index in [9.17, 15) is 8.42 Å². The normalized spacial score (nSPS) is 11.3. The van der Waals surface area contributed by atoms with Gasteiger partial charge in [-0.3, -0.25) is 4.98 Å². The van der Waals surface area contributed by atoms with Crippen LogP contribution in [0.15, 0.2) is 46.0 Å². The molecule has 1 heterocycles. The van der Waals surface area contributed by atoms with Gasteiger partial charge in [-0.1, -0.05) is 0 Å². The summed E-state index contributed by atoms with van der Waals surface area (Å²) in [5.74, 6) is 0.624. The number of aromatic nitrogens is 1. The van der Waals surface area contributed by atoms with Gasteiger partial charge in [-0.15, -0.1) is 0 Å². The highest BCUT2D eigenvalue weighted by molar-refractivity contribution is 9.10. The average molecular weight is 344 g/mol. The number of sulfonamides is 1. The Morgan fingerprint density at radius 3 is 2.58 bits per heavy atom. The molecule has 0 aliphatic heterocycles. The van der Waals surface area contributed by atoms with Gasteiger partial charge in [0.2, 0.25) is 10.0 Å². The number of pyridine rings is 1. The van der Waals surface area contributed by atoms with Gasteiger partial charge in [0.05, 0.1) is 16.8 Å². The van der Waals surface area contributed by atoms with Crippen molar-refractivity contribution >= 4 is 31.6 Å². The second-order valence-electron chi connectivity index (χ2n) is 3.69. The molecule has 1 aromatic heterocycles. The lowest BCUT2D eigenvalue weighted by atomic mass is 10.3. The number of rotatable bonds is 3. The van der Waals surface area contributed by atoms with Gasteiger partial charge >= 0.3 is 0 Å². The first-order valence-electron chi connectivity index (χ1n) is 5.07. The minimum absolute atomic E-state index is 0.0698. The third kappa shape index (κ3) is 3.43. The minimum Gasteiger partial charge on any atom is -0.453 e. The van der Waals surface area contributed by atoms with Crippen LogP contribution in [0.5, 0.6) is 11.5 Å². The van der Waals surface area contributed by atoms with E-state index >= 15 is 0 Å². The Balaban J connectivity index is 2.40. The van der Waals surface area contributed by atoms with E-state index in [0.29, 0.717) is 11.4 Å². The molecular formula is C11H10BrN3O3S. The van der Waals surface area contributed by atoms with Gasteiger partial charge in [-0.05, 0) is 34.1 Å². The molecular weight excluding hydrogens is 334 g/mol. The molecule has 0 fully saturated rings. The Morgan fingerprint density at radius 1 is 1.21 bits per heavy atom. The summed E-state index contributed by atoms with van der Waals surface area (Å²) < 4.78 is 28.7. The quantitative estimate of drug-likeness (QED) is 0.827. The molecule has 0 aliphatic rings. The number of nitrogen functional groups attached to an aromatic ring is 1. The summed E-state index contributed by atoms with van der Waals surface area (Å²) in [6, 6.07) is 5.68. The van der Waals surface area contributed by atoms with Gasteiger partial charge in [0.25, 0.3) is 0 Å². The topological polar surface area (TPSA) is 108 Å². The predicted molar refractivity (Wildman–Crippen MR) is 74.2 cm³/mol. The molecule has 0 saturated heterocycles. The summed E-state index contributed by atoms with van der Waals surface area (Å²) in [5.41, 5.74) is 6.02. The highest BCUT2D eigenvalue weighted by atomic mass is 79.9. The summed E-state index contributed by atoms with van der Waals surface area (Å²) in [7, 11) is -3.80. The number of hydrogen-bond donors (Lipinski definition) is 2. The summed E-state index contributed by atoms with van der Waals surface area (Å²) in [6.45, 7) is 0. The van der Waals surface area contributed by atoms with Gasteiger partial charge in [-0.25, -0.2) is 13.6 Å². The first kappa shape index (κ1) is 13.8. The van der Waals surface area contributed by atoms with Crippen LogP contribution in [0.2, 0.25) is 0 Å². The SMILES string of the molecule is Nc1ccc(S(N)(=O)=O)cc1Oc1cncc(Br)c1. The van der Waals surface area contributed by atoms with Crippen molar-refractivity contribution < 1.29 is 13.2 Å². The maximum absolute atomic E-state index is 11.3. The lowest BCUT2D eigenvalue weighted by Gasteiger charge is -2.09. The lowest BCUT2D eigenvalue weighted by molar-refractivity contribution is 0.480. The number of nitrogens with zero attached hydrogens (tertiary/aromatic N) is 1. The van der Waals surface area contributed by atoms with E-state index in [-0.39, 0.29) is 10.6 Å². The van der Waals surface area contributed by atoms with Crippen LogP contribution in [0.1, 0.15) is 0 Å². The van der Waals surface area contributed by atoms with Crippen LogP contribution in [-0.2, 0) is 10.0 Å². The number of ether oxygens (including phenoxy) is 1. The smallest absolute Gasteiger partial charge is 0.238 e. The lowest BCUT2D eigenvalue weighted by Crippen LogP contribution is -2.12. The molecule has 0 spiro atoms. The number of hydrogen-bond acceptors (Lipinski definition) is 5. The number of anilines is 1. The molecule has 0 amide bonds. The highest BCUT2D eigenvalue weighted by Crippen LogP contribution is 2.30. The molecule has 4 N–H and O–H groups in total. The number of nitrogens with two attached hydrogens (primary N) is 2. The molecule has 6 nitrogen and oxygen atoms in total. The van der Waals surface area contributed by atoms with Crippen molar-refractivity contribution in [3.8, 4) is 11.5 Å². The van der Waals surface area contributed by atoms with Crippen molar-refractivity contribution in [1.82, 2.24) is 4.98 Å². The number of primary sulfonamides is 1. The Morgan fingerprint density at radius 2 is 1.95 bits per heavy atom. The fourth-order valence-corrected chi connectivity index (χ4v) is 2.23. The fraction of sp³-hybridized carbons (Fsp3) is 0. The van der Waals surface area contributed by atoms with E-state index in [1.54, 1.807) is 12.3 Å². The molecule has 0 atom stereocenters. The summed E-state index contributed by atoms with van der Waals surface area (Å²) in [6.07, 6.45) is 3.07. The van der Waals surface area contributed by atoms with Crippen molar-refractivity contribution in [3.05, 3.63) is 41.1 Å². The van der Waals surface area contributed by atoms with Gasteiger partial charge in [0.1, 0.15) is 5.75 Å². The van der Waals surface area contributed by atoms with Crippen LogP contribution in [0.3, 0.4) is 0 Å².